The second kappa shape index (κ2) is 6.76. The van der Waals surface area contributed by atoms with Crippen molar-refractivity contribution >= 4 is 5.91 Å². The highest BCUT2D eigenvalue weighted by atomic mass is 19.1. The van der Waals surface area contributed by atoms with Gasteiger partial charge in [-0.05, 0) is 25.5 Å². The second-order valence-electron chi connectivity index (χ2n) is 5.57. The van der Waals surface area contributed by atoms with Crippen molar-refractivity contribution in [2.24, 2.45) is 0 Å². The van der Waals surface area contributed by atoms with Crippen LogP contribution in [0.1, 0.15) is 37.5 Å². The van der Waals surface area contributed by atoms with E-state index in [9.17, 15) is 9.18 Å². The normalized spacial score (nSPS) is 14.3. The van der Waals surface area contributed by atoms with E-state index in [-0.39, 0.29) is 30.8 Å². The molecule has 0 saturated carbocycles. The predicted octanol–water partition coefficient (Wildman–Crippen LogP) is 2.01. The van der Waals surface area contributed by atoms with Crippen LogP contribution in [0.2, 0.25) is 0 Å². The van der Waals surface area contributed by atoms with Gasteiger partial charge in [-0.3, -0.25) is 4.79 Å². The number of nitrogens with zero attached hydrogens (tertiary/aromatic N) is 3. The summed E-state index contributed by atoms with van der Waals surface area (Å²) in [6.07, 6.45) is 2.21. The maximum atomic E-state index is 13.0. The molecule has 0 spiro atoms. The van der Waals surface area contributed by atoms with E-state index in [1.54, 1.807) is 12.1 Å². The molecule has 0 unspecified atom stereocenters. The van der Waals surface area contributed by atoms with Crippen molar-refractivity contribution in [1.29, 1.82) is 0 Å². The van der Waals surface area contributed by atoms with E-state index in [0.29, 0.717) is 5.75 Å². The zero-order valence-electron chi connectivity index (χ0n) is 13.0. The van der Waals surface area contributed by atoms with Gasteiger partial charge in [0.1, 0.15) is 17.4 Å². The fourth-order valence-corrected chi connectivity index (χ4v) is 2.69. The highest BCUT2D eigenvalue weighted by Crippen LogP contribution is 2.19. The predicted molar refractivity (Wildman–Crippen MR) is 81.4 cm³/mol. The van der Waals surface area contributed by atoms with Crippen molar-refractivity contribution in [2.45, 2.75) is 38.8 Å². The van der Waals surface area contributed by atoms with Crippen LogP contribution in [-0.2, 0) is 17.8 Å². The average Bonchev–Trinajstić information content (AvgIpc) is 3.09. The number of amides is 1. The monoisotopic (exact) mass is 318 g/mol. The van der Waals surface area contributed by atoms with Gasteiger partial charge in [-0.25, -0.2) is 4.39 Å². The van der Waals surface area contributed by atoms with E-state index in [0.717, 1.165) is 31.0 Å². The van der Waals surface area contributed by atoms with Crippen molar-refractivity contribution in [3.05, 3.63) is 41.7 Å². The summed E-state index contributed by atoms with van der Waals surface area (Å²) in [5.41, 5.74) is 0. The second-order valence-corrected chi connectivity index (χ2v) is 5.57. The van der Waals surface area contributed by atoms with Gasteiger partial charge in [-0.1, -0.05) is 6.07 Å². The van der Waals surface area contributed by atoms with Gasteiger partial charge in [0, 0.05) is 19.0 Å². The van der Waals surface area contributed by atoms with Crippen LogP contribution in [0, 0.1) is 5.82 Å². The first-order chi connectivity index (χ1) is 11.1. The van der Waals surface area contributed by atoms with E-state index in [4.69, 9.17) is 4.74 Å². The molecule has 122 valence electrons. The maximum absolute atomic E-state index is 13.0. The number of rotatable bonds is 6. The van der Waals surface area contributed by atoms with Crippen LogP contribution in [0.4, 0.5) is 4.39 Å². The lowest BCUT2D eigenvalue weighted by molar-refractivity contribution is -0.122. The molecule has 1 aliphatic heterocycles. The molecule has 0 radical (unpaired) electrons. The molecule has 23 heavy (non-hydrogen) atoms. The van der Waals surface area contributed by atoms with Crippen molar-refractivity contribution in [2.75, 3.05) is 6.61 Å². The lowest BCUT2D eigenvalue weighted by atomic mass is 10.3. The van der Waals surface area contributed by atoms with Crippen LogP contribution in [0.25, 0.3) is 0 Å². The van der Waals surface area contributed by atoms with Gasteiger partial charge >= 0.3 is 0 Å². The molecule has 1 aromatic carbocycles. The summed E-state index contributed by atoms with van der Waals surface area (Å²) >= 11 is 0. The van der Waals surface area contributed by atoms with E-state index < -0.39 is 0 Å². The number of hydrogen-bond acceptors (Lipinski definition) is 4. The van der Waals surface area contributed by atoms with Crippen LogP contribution in [0.15, 0.2) is 24.3 Å². The highest BCUT2D eigenvalue weighted by Gasteiger charge is 2.22. The fourth-order valence-electron chi connectivity index (χ4n) is 2.69. The minimum atomic E-state index is -0.360. The van der Waals surface area contributed by atoms with Gasteiger partial charge in [-0.2, -0.15) is 0 Å². The smallest absolute Gasteiger partial charge is 0.224 e. The first-order valence-corrected chi connectivity index (χ1v) is 7.73. The van der Waals surface area contributed by atoms with Crippen LogP contribution in [0.5, 0.6) is 5.75 Å². The summed E-state index contributed by atoms with van der Waals surface area (Å²) in [6, 6.07) is 5.66. The van der Waals surface area contributed by atoms with Crippen molar-refractivity contribution in [3.8, 4) is 5.75 Å². The molecule has 1 amide bonds. The molecule has 1 N–H and O–H groups in total. The molecule has 2 heterocycles. The first-order valence-electron chi connectivity index (χ1n) is 7.73. The van der Waals surface area contributed by atoms with Gasteiger partial charge in [0.05, 0.1) is 19.1 Å². The van der Waals surface area contributed by atoms with Crippen LogP contribution >= 0.6 is 0 Å². The number of aryl methyl sites for hydroxylation is 1. The SMILES string of the molecule is C[C@@H](NC(=O)CCOc1cccc(F)c1)c1nnc2n1CCC2. The number of nitrogens with one attached hydrogen (secondary N) is 1. The van der Waals surface area contributed by atoms with Gasteiger partial charge in [0.25, 0.3) is 0 Å². The largest absolute Gasteiger partial charge is 0.493 e. The van der Waals surface area contributed by atoms with Crippen LogP contribution < -0.4 is 10.1 Å². The Balaban J connectivity index is 1.47. The third-order valence-electron chi connectivity index (χ3n) is 3.80. The summed E-state index contributed by atoms with van der Waals surface area (Å²) in [4.78, 5) is 12.0. The Morgan fingerprint density at radius 1 is 1.48 bits per heavy atom. The summed E-state index contributed by atoms with van der Waals surface area (Å²) in [5, 5.41) is 11.2. The number of carbonyl (C=O) groups excluding carboxylic acids is 1. The minimum Gasteiger partial charge on any atom is -0.493 e. The zero-order chi connectivity index (χ0) is 16.2. The highest BCUT2D eigenvalue weighted by molar-refractivity contribution is 5.76. The molecule has 6 nitrogen and oxygen atoms in total. The number of carbonyl (C=O) groups is 1. The van der Waals surface area contributed by atoms with Gasteiger partial charge in [0.15, 0.2) is 5.82 Å². The van der Waals surface area contributed by atoms with Crippen LogP contribution in [0.3, 0.4) is 0 Å². The van der Waals surface area contributed by atoms with E-state index >= 15 is 0 Å². The molecule has 3 rings (SSSR count). The first kappa shape index (κ1) is 15.5. The third-order valence-corrected chi connectivity index (χ3v) is 3.80. The molecule has 0 bridgehead atoms. The summed E-state index contributed by atoms with van der Waals surface area (Å²) in [7, 11) is 0. The van der Waals surface area contributed by atoms with Gasteiger partial charge in [0.2, 0.25) is 5.91 Å². The molecular formula is C16H19FN4O2. The number of hydrogen-bond donors (Lipinski definition) is 1. The maximum Gasteiger partial charge on any atom is 0.224 e. The van der Waals surface area contributed by atoms with Crippen molar-refractivity contribution in [3.63, 3.8) is 0 Å². The molecule has 0 fully saturated rings. The lowest BCUT2D eigenvalue weighted by Crippen LogP contribution is -2.29. The lowest BCUT2D eigenvalue weighted by Gasteiger charge is -2.14. The summed E-state index contributed by atoms with van der Waals surface area (Å²) < 4.78 is 20.5. The Labute approximate surface area is 133 Å². The van der Waals surface area contributed by atoms with Gasteiger partial charge < -0.3 is 14.6 Å². The van der Waals surface area contributed by atoms with Crippen molar-refractivity contribution in [1.82, 2.24) is 20.1 Å². The Kier molecular flexibility index (Phi) is 4.55. The summed E-state index contributed by atoms with van der Waals surface area (Å²) in [6.45, 7) is 2.99. The van der Waals surface area contributed by atoms with Crippen molar-refractivity contribution < 1.29 is 13.9 Å². The molecular weight excluding hydrogens is 299 g/mol. The summed E-state index contributed by atoms with van der Waals surface area (Å²) in [5.74, 6) is 1.69. The molecule has 1 aromatic heterocycles. The quantitative estimate of drug-likeness (QED) is 0.884. The number of fused-ring (bicyclic) bond motifs is 1. The molecule has 1 aliphatic rings. The molecule has 0 saturated heterocycles. The Morgan fingerprint density at radius 2 is 2.35 bits per heavy atom. The zero-order valence-corrected chi connectivity index (χ0v) is 13.0. The van der Waals surface area contributed by atoms with E-state index in [1.165, 1.54) is 12.1 Å². The Hall–Kier alpha value is -2.44. The van der Waals surface area contributed by atoms with E-state index in [2.05, 4.69) is 20.1 Å². The Bertz CT molecular complexity index is 701. The average molecular weight is 318 g/mol. The van der Waals surface area contributed by atoms with Gasteiger partial charge in [-0.15, -0.1) is 10.2 Å². The Morgan fingerprint density at radius 3 is 3.17 bits per heavy atom. The topological polar surface area (TPSA) is 69.0 Å². The number of ether oxygens (including phenoxy) is 1. The van der Waals surface area contributed by atoms with Crippen LogP contribution in [-0.4, -0.2) is 27.3 Å². The standard InChI is InChI=1S/C16H19FN4O2/c1-11(16-20-19-14-6-3-8-21(14)16)18-15(22)7-9-23-13-5-2-4-12(17)10-13/h2,4-5,10-11H,3,6-9H2,1H3,(H,18,22)/t11-/m1/s1. The molecule has 0 aliphatic carbocycles. The number of aromatic nitrogens is 3. The molecule has 2 aromatic rings. The third kappa shape index (κ3) is 3.67. The fraction of sp³-hybridized carbons (Fsp3) is 0.438. The van der Waals surface area contributed by atoms with E-state index in [1.807, 2.05) is 6.92 Å². The molecule has 7 heteroatoms. The number of benzene rings is 1. The number of halogens is 1. The minimum absolute atomic E-state index is 0.135. The molecule has 1 atom stereocenters.